The van der Waals surface area contributed by atoms with Gasteiger partial charge in [0.05, 0.1) is 12.6 Å². The molecule has 0 aliphatic carbocycles. The maximum atomic E-state index is 12.9. The molecule has 3 rings (SSSR count). The van der Waals surface area contributed by atoms with Crippen molar-refractivity contribution in [2.45, 2.75) is 52.6 Å². The van der Waals surface area contributed by atoms with Crippen LogP contribution in [-0.4, -0.2) is 41.8 Å². The highest BCUT2D eigenvalue weighted by Gasteiger charge is 2.22. The molecule has 0 fully saturated rings. The van der Waals surface area contributed by atoms with E-state index in [0.29, 0.717) is 44.2 Å². The van der Waals surface area contributed by atoms with E-state index in [2.05, 4.69) is 10.3 Å². The fraction of sp³-hybridized carbons (Fsp3) is 0.522. The standard InChI is InChI=1S/C23H33N5O5/c1-4-6-10-28-21(24)20(22(30)26-23(28)31)27(9-5-2)14-19(29)25-15(3)16-7-8-17-18(13-16)33-12-11-32-17/h7-8,13,15H,4-6,9-12,14,24H2,1-3H3,(H,25,29)(H,26,30,31). The van der Waals surface area contributed by atoms with Crippen LogP contribution in [0.4, 0.5) is 11.5 Å². The summed E-state index contributed by atoms with van der Waals surface area (Å²) in [6, 6.07) is 5.28. The van der Waals surface area contributed by atoms with Gasteiger partial charge in [0, 0.05) is 13.1 Å². The molecule has 1 aromatic carbocycles. The molecule has 0 saturated carbocycles. The van der Waals surface area contributed by atoms with Crippen molar-refractivity contribution >= 4 is 17.4 Å². The van der Waals surface area contributed by atoms with Crippen molar-refractivity contribution in [1.82, 2.24) is 14.9 Å². The molecule has 4 N–H and O–H groups in total. The Morgan fingerprint density at radius 2 is 1.94 bits per heavy atom. The van der Waals surface area contributed by atoms with Crippen molar-refractivity contribution in [3.63, 3.8) is 0 Å². The lowest BCUT2D eigenvalue weighted by molar-refractivity contribution is -0.120. The molecule has 0 spiro atoms. The fourth-order valence-electron chi connectivity index (χ4n) is 3.83. The SMILES string of the molecule is CCCCn1c(N)c(N(CCC)CC(=O)NC(C)c2ccc3c(c2)OCCO3)c(=O)[nH]c1=O. The molecule has 1 unspecified atom stereocenters. The van der Waals surface area contributed by atoms with Gasteiger partial charge in [-0.25, -0.2) is 4.79 Å². The molecule has 1 aliphatic rings. The van der Waals surface area contributed by atoms with E-state index in [0.717, 1.165) is 18.4 Å². The zero-order valence-corrected chi connectivity index (χ0v) is 19.5. The molecule has 180 valence electrons. The quantitative estimate of drug-likeness (QED) is 0.493. The van der Waals surface area contributed by atoms with Gasteiger partial charge in [-0.15, -0.1) is 0 Å². The van der Waals surface area contributed by atoms with Crippen molar-refractivity contribution in [1.29, 1.82) is 0 Å². The number of rotatable bonds is 10. The average molecular weight is 460 g/mol. The number of carbonyl (C=O) groups is 1. The number of ether oxygens (including phenoxy) is 2. The number of H-pyrrole nitrogens is 1. The number of unbranched alkanes of at least 4 members (excludes halogenated alkanes) is 1. The van der Waals surface area contributed by atoms with Crippen molar-refractivity contribution in [2.75, 3.05) is 36.9 Å². The summed E-state index contributed by atoms with van der Waals surface area (Å²) in [4.78, 5) is 41.7. The van der Waals surface area contributed by atoms with Crippen molar-refractivity contribution < 1.29 is 14.3 Å². The van der Waals surface area contributed by atoms with Crippen LogP contribution in [0, 0.1) is 0 Å². The summed E-state index contributed by atoms with van der Waals surface area (Å²) in [6.07, 6.45) is 2.31. The number of hydrogen-bond acceptors (Lipinski definition) is 7. The molecule has 1 atom stereocenters. The number of nitrogens with two attached hydrogens (primary N) is 1. The number of nitrogens with zero attached hydrogens (tertiary/aromatic N) is 2. The number of hydrogen-bond donors (Lipinski definition) is 3. The monoisotopic (exact) mass is 459 g/mol. The number of carbonyl (C=O) groups excluding carboxylic acids is 1. The highest BCUT2D eigenvalue weighted by Crippen LogP contribution is 2.32. The number of aromatic nitrogens is 2. The lowest BCUT2D eigenvalue weighted by atomic mass is 10.1. The number of benzene rings is 1. The highest BCUT2D eigenvalue weighted by atomic mass is 16.6. The third-order valence-electron chi connectivity index (χ3n) is 5.54. The third kappa shape index (κ3) is 5.68. The molecule has 1 aromatic heterocycles. The maximum Gasteiger partial charge on any atom is 0.330 e. The predicted octanol–water partition coefficient (Wildman–Crippen LogP) is 1.78. The fourth-order valence-corrected chi connectivity index (χ4v) is 3.83. The summed E-state index contributed by atoms with van der Waals surface area (Å²) in [5, 5.41) is 2.96. The Hall–Kier alpha value is -3.43. The summed E-state index contributed by atoms with van der Waals surface area (Å²) in [7, 11) is 0. The van der Waals surface area contributed by atoms with Gasteiger partial charge in [0.15, 0.2) is 11.5 Å². The Kier molecular flexibility index (Phi) is 8.02. The van der Waals surface area contributed by atoms with Crippen LogP contribution in [0.15, 0.2) is 27.8 Å². The first-order valence-electron chi connectivity index (χ1n) is 11.4. The molecule has 10 heteroatoms. The Morgan fingerprint density at radius 1 is 1.21 bits per heavy atom. The Morgan fingerprint density at radius 3 is 2.64 bits per heavy atom. The van der Waals surface area contributed by atoms with Crippen molar-refractivity contribution in [3.05, 3.63) is 44.6 Å². The molecular formula is C23H33N5O5. The first-order chi connectivity index (χ1) is 15.8. The summed E-state index contributed by atoms with van der Waals surface area (Å²) in [5.74, 6) is 1.15. The average Bonchev–Trinajstić information content (AvgIpc) is 2.78. The molecular weight excluding hydrogens is 426 g/mol. The van der Waals surface area contributed by atoms with Crippen LogP contribution in [0.2, 0.25) is 0 Å². The topological polar surface area (TPSA) is 132 Å². The minimum absolute atomic E-state index is 0.0675. The smallest absolute Gasteiger partial charge is 0.330 e. The minimum atomic E-state index is -0.591. The van der Waals surface area contributed by atoms with Gasteiger partial charge >= 0.3 is 5.69 Å². The number of nitrogens with one attached hydrogen (secondary N) is 2. The molecule has 0 saturated heterocycles. The second-order valence-electron chi connectivity index (χ2n) is 8.11. The molecule has 10 nitrogen and oxygen atoms in total. The van der Waals surface area contributed by atoms with Gasteiger partial charge in [-0.1, -0.05) is 26.3 Å². The number of anilines is 2. The van der Waals surface area contributed by atoms with Crippen LogP contribution < -0.4 is 36.7 Å². The van der Waals surface area contributed by atoms with Gasteiger partial charge in [-0.05, 0) is 37.5 Å². The molecule has 0 radical (unpaired) electrons. The van der Waals surface area contributed by atoms with Crippen LogP contribution in [0.25, 0.3) is 0 Å². The number of nitrogen functional groups attached to an aromatic ring is 1. The van der Waals surface area contributed by atoms with Gasteiger partial charge < -0.3 is 25.4 Å². The van der Waals surface area contributed by atoms with E-state index in [9.17, 15) is 14.4 Å². The van der Waals surface area contributed by atoms with Gasteiger partial charge in [0.25, 0.3) is 5.56 Å². The van der Waals surface area contributed by atoms with E-state index in [1.807, 2.05) is 39.0 Å². The van der Waals surface area contributed by atoms with Crippen molar-refractivity contribution in [2.24, 2.45) is 0 Å². The number of amides is 1. The van der Waals surface area contributed by atoms with E-state index >= 15 is 0 Å². The second-order valence-corrected chi connectivity index (χ2v) is 8.11. The lowest BCUT2D eigenvalue weighted by Crippen LogP contribution is -2.43. The van der Waals surface area contributed by atoms with Crippen LogP contribution in [0.5, 0.6) is 11.5 Å². The Labute approximate surface area is 192 Å². The maximum absolute atomic E-state index is 12.9. The van der Waals surface area contributed by atoms with E-state index in [1.54, 1.807) is 4.90 Å². The van der Waals surface area contributed by atoms with E-state index in [4.69, 9.17) is 15.2 Å². The van der Waals surface area contributed by atoms with E-state index in [-0.39, 0.29) is 30.0 Å². The predicted molar refractivity (Wildman–Crippen MR) is 127 cm³/mol. The molecule has 2 aromatic rings. The van der Waals surface area contributed by atoms with Gasteiger partial charge in [0.2, 0.25) is 5.91 Å². The number of fused-ring (bicyclic) bond motifs is 1. The lowest BCUT2D eigenvalue weighted by Gasteiger charge is -2.26. The first kappa shape index (κ1) is 24.2. The molecule has 0 bridgehead atoms. The van der Waals surface area contributed by atoms with Crippen LogP contribution in [0.1, 0.15) is 51.6 Å². The molecule has 33 heavy (non-hydrogen) atoms. The molecule has 2 heterocycles. The normalized spacial score (nSPS) is 13.4. The van der Waals surface area contributed by atoms with Crippen molar-refractivity contribution in [3.8, 4) is 11.5 Å². The van der Waals surface area contributed by atoms with Crippen LogP contribution in [-0.2, 0) is 11.3 Å². The van der Waals surface area contributed by atoms with Gasteiger partial charge in [-0.2, -0.15) is 0 Å². The van der Waals surface area contributed by atoms with E-state index < -0.39 is 11.2 Å². The third-order valence-corrected chi connectivity index (χ3v) is 5.54. The Bertz CT molecular complexity index is 1090. The summed E-state index contributed by atoms with van der Waals surface area (Å²) in [6.45, 7) is 7.59. The zero-order chi connectivity index (χ0) is 24.0. The zero-order valence-electron chi connectivity index (χ0n) is 19.5. The van der Waals surface area contributed by atoms with Crippen LogP contribution >= 0.6 is 0 Å². The van der Waals surface area contributed by atoms with Gasteiger partial charge in [-0.3, -0.25) is 19.1 Å². The molecule has 1 aliphatic heterocycles. The molecule has 1 amide bonds. The summed E-state index contributed by atoms with van der Waals surface area (Å²) >= 11 is 0. The van der Waals surface area contributed by atoms with Gasteiger partial charge in [0.1, 0.15) is 24.7 Å². The summed E-state index contributed by atoms with van der Waals surface area (Å²) < 4.78 is 12.5. The summed E-state index contributed by atoms with van der Waals surface area (Å²) in [5.41, 5.74) is 6.13. The second kappa shape index (κ2) is 10.9. The van der Waals surface area contributed by atoms with E-state index in [1.165, 1.54) is 4.57 Å². The largest absolute Gasteiger partial charge is 0.486 e. The number of aromatic amines is 1. The van der Waals surface area contributed by atoms with Crippen LogP contribution in [0.3, 0.4) is 0 Å². The first-order valence-corrected chi connectivity index (χ1v) is 11.4. The highest BCUT2D eigenvalue weighted by molar-refractivity contribution is 5.83. The minimum Gasteiger partial charge on any atom is -0.486 e. The Balaban J connectivity index is 1.78.